The number of benzene rings is 1. The first-order valence-corrected chi connectivity index (χ1v) is 12.4. The number of hydrogen-bond donors (Lipinski definition) is 1. The summed E-state index contributed by atoms with van der Waals surface area (Å²) in [6, 6.07) is 12.4. The number of nitrogens with one attached hydrogen (secondary N) is 1. The molecule has 4 heterocycles. The topological polar surface area (TPSA) is 73.7 Å². The van der Waals surface area contributed by atoms with Crippen LogP contribution in [0.1, 0.15) is 67.1 Å². The van der Waals surface area contributed by atoms with Crippen LogP contribution in [0.2, 0.25) is 0 Å². The second kappa shape index (κ2) is 8.45. The third-order valence-electron chi connectivity index (χ3n) is 7.78. The Morgan fingerprint density at radius 3 is 2.70 bits per heavy atom. The number of aromatic amines is 1. The molecule has 0 spiro atoms. The fourth-order valence-corrected chi connectivity index (χ4v) is 6.03. The van der Waals surface area contributed by atoms with Crippen LogP contribution in [0.15, 0.2) is 41.2 Å². The Hall–Kier alpha value is -2.93. The number of amides is 1. The van der Waals surface area contributed by atoms with Crippen molar-refractivity contribution in [3.63, 3.8) is 0 Å². The number of aromatic nitrogens is 3. The van der Waals surface area contributed by atoms with Gasteiger partial charge in [0.15, 0.2) is 5.65 Å². The van der Waals surface area contributed by atoms with E-state index in [4.69, 9.17) is 4.98 Å². The zero-order valence-electron chi connectivity index (χ0n) is 19.0. The van der Waals surface area contributed by atoms with E-state index in [9.17, 15) is 9.59 Å². The SMILES string of the molecule is O=C(Cc1ccccc1)N1CCCC1c1cc2nc3c(c(=O)n2[nH]1)CN(C1CCCC1)CC3. The molecule has 7 heteroatoms. The van der Waals surface area contributed by atoms with Crippen LogP contribution in [0.3, 0.4) is 0 Å². The molecule has 6 rings (SSSR count). The molecule has 33 heavy (non-hydrogen) atoms. The lowest BCUT2D eigenvalue weighted by Crippen LogP contribution is -2.41. The van der Waals surface area contributed by atoms with Gasteiger partial charge in [-0.3, -0.25) is 19.6 Å². The van der Waals surface area contributed by atoms with Crippen LogP contribution in [0.25, 0.3) is 5.65 Å². The summed E-state index contributed by atoms with van der Waals surface area (Å²) in [6.45, 7) is 2.44. The number of nitrogens with zero attached hydrogens (tertiary/aromatic N) is 4. The lowest BCUT2D eigenvalue weighted by molar-refractivity contribution is -0.131. The molecule has 3 aromatic rings. The maximum Gasteiger partial charge on any atom is 0.277 e. The molecule has 1 saturated carbocycles. The molecule has 7 nitrogen and oxygen atoms in total. The number of fused-ring (bicyclic) bond motifs is 2. The van der Waals surface area contributed by atoms with Crippen molar-refractivity contribution in [2.75, 3.05) is 13.1 Å². The van der Waals surface area contributed by atoms with Crippen molar-refractivity contribution in [3.8, 4) is 0 Å². The molecule has 2 aromatic heterocycles. The van der Waals surface area contributed by atoms with Crippen LogP contribution in [-0.4, -0.2) is 49.4 Å². The molecule has 1 saturated heterocycles. The predicted molar refractivity (Wildman–Crippen MR) is 126 cm³/mol. The molecule has 0 radical (unpaired) electrons. The van der Waals surface area contributed by atoms with E-state index in [1.807, 2.05) is 41.3 Å². The van der Waals surface area contributed by atoms with Crippen molar-refractivity contribution >= 4 is 11.6 Å². The van der Waals surface area contributed by atoms with Gasteiger partial charge in [0.05, 0.1) is 29.4 Å². The Morgan fingerprint density at radius 2 is 1.88 bits per heavy atom. The summed E-state index contributed by atoms with van der Waals surface area (Å²) in [5.74, 6) is 0.133. The van der Waals surface area contributed by atoms with Crippen LogP contribution in [0, 0.1) is 0 Å². The van der Waals surface area contributed by atoms with Gasteiger partial charge in [-0.1, -0.05) is 43.2 Å². The zero-order valence-corrected chi connectivity index (χ0v) is 19.0. The minimum Gasteiger partial charge on any atom is -0.334 e. The fraction of sp³-hybridized carbons (Fsp3) is 0.500. The number of likely N-dealkylation sites (tertiary alicyclic amines) is 1. The maximum atomic E-state index is 13.4. The molecule has 1 aromatic carbocycles. The minimum atomic E-state index is -0.0330. The van der Waals surface area contributed by atoms with Gasteiger partial charge in [-0.05, 0) is 31.2 Å². The average Bonchev–Trinajstić information content (AvgIpc) is 3.60. The van der Waals surface area contributed by atoms with Gasteiger partial charge in [-0.15, -0.1) is 0 Å². The smallest absolute Gasteiger partial charge is 0.277 e. The van der Waals surface area contributed by atoms with E-state index in [0.29, 0.717) is 24.7 Å². The second-order valence-corrected chi connectivity index (χ2v) is 9.81. The average molecular weight is 446 g/mol. The normalized spacial score (nSPS) is 21.7. The molecule has 172 valence electrons. The van der Waals surface area contributed by atoms with Crippen molar-refractivity contribution in [2.24, 2.45) is 0 Å². The molecular formula is C26H31N5O2. The molecule has 1 unspecified atom stereocenters. The number of H-pyrrole nitrogens is 1. The lowest BCUT2D eigenvalue weighted by atomic mass is 10.0. The molecule has 3 aliphatic rings. The van der Waals surface area contributed by atoms with E-state index in [0.717, 1.165) is 54.9 Å². The van der Waals surface area contributed by atoms with E-state index in [1.165, 1.54) is 25.7 Å². The summed E-state index contributed by atoms with van der Waals surface area (Å²) in [4.78, 5) is 35.8. The van der Waals surface area contributed by atoms with Gasteiger partial charge in [0, 0.05) is 38.2 Å². The van der Waals surface area contributed by atoms with Crippen molar-refractivity contribution in [2.45, 2.75) is 70.0 Å². The summed E-state index contributed by atoms with van der Waals surface area (Å²) in [6.07, 6.45) is 8.19. The van der Waals surface area contributed by atoms with Crippen molar-refractivity contribution in [1.82, 2.24) is 24.4 Å². The third kappa shape index (κ3) is 3.78. The molecular weight excluding hydrogens is 414 g/mol. The van der Waals surface area contributed by atoms with Crippen LogP contribution < -0.4 is 5.56 Å². The number of carbonyl (C=O) groups is 1. The number of rotatable bonds is 4. The quantitative estimate of drug-likeness (QED) is 0.669. The molecule has 1 amide bonds. The van der Waals surface area contributed by atoms with Gasteiger partial charge >= 0.3 is 0 Å². The van der Waals surface area contributed by atoms with Crippen molar-refractivity contribution < 1.29 is 4.79 Å². The Kier molecular flexibility index (Phi) is 5.29. The van der Waals surface area contributed by atoms with Crippen LogP contribution in [-0.2, 0) is 24.2 Å². The predicted octanol–water partition coefficient (Wildman–Crippen LogP) is 3.23. The van der Waals surface area contributed by atoms with Crippen molar-refractivity contribution in [1.29, 1.82) is 0 Å². The Labute approximate surface area is 193 Å². The molecule has 2 fully saturated rings. The third-order valence-corrected chi connectivity index (χ3v) is 7.78. The van der Waals surface area contributed by atoms with Crippen molar-refractivity contribution in [3.05, 3.63) is 69.3 Å². The van der Waals surface area contributed by atoms with Gasteiger partial charge in [-0.2, -0.15) is 0 Å². The van der Waals surface area contributed by atoms with Gasteiger partial charge in [0.2, 0.25) is 5.91 Å². The zero-order chi connectivity index (χ0) is 22.4. The van der Waals surface area contributed by atoms with Gasteiger partial charge in [0.25, 0.3) is 5.56 Å². The molecule has 1 atom stereocenters. The van der Waals surface area contributed by atoms with Crippen LogP contribution in [0.5, 0.6) is 0 Å². The van der Waals surface area contributed by atoms with E-state index in [2.05, 4.69) is 10.00 Å². The second-order valence-electron chi connectivity index (χ2n) is 9.81. The number of carbonyl (C=O) groups excluding carboxylic acids is 1. The highest BCUT2D eigenvalue weighted by Gasteiger charge is 2.33. The van der Waals surface area contributed by atoms with E-state index >= 15 is 0 Å². The van der Waals surface area contributed by atoms with Crippen LogP contribution >= 0.6 is 0 Å². The molecule has 1 N–H and O–H groups in total. The Morgan fingerprint density at radius 1 is 1.06 bits per heavy atom. The lowest BCUT2D eigenvalue weighted by Gasteiger charge is -2.32. The van der Waals surface area contributed by atoms with Gasteiger partial charge in [0.1, 0.15) is 0 Å². The highest BCUT2D eigenvalue weighted by Crippen LogP contribution is 2.32. The summed E-state index contributed by atoms with van der Waals surface area (Å²) in [5.41, 5.74) is 4.41. The standard InChI is InChI=1S/C26H31N5O2/c32-25(15-18-7-2-1-3-8-18)30-13-6-11-23(30)22-16-24-27-21-12-14-29(19-9-4-5-10-19)17-20(21)26(33)31(24)28-22/h1-3,7-8,16,19,23,28H,4-6,9-15,17H2. The van der Waals surface area contributed by atoms with Crippen LogP contribution in [0.4, 0.5) is 0 Å². The highest BCUT2D eigenvalue weighted by atomic mass is 16.2. The van der Waals surface area contributed by atoms with E-state index in [1.54, 1.807) is 4.52 Å². The largest absolute Gasteiger partial charge is 0.334 e. The van der Waals surface area contributed by atoms with E-state index in [-0.39, 0.29) is 17.5 Å². The maximum absolute atomic E-state index is 13.4. The minimum absolute atomic E-state index is 0.0177. The molecule has 1 aliphatic carbocycles. The monoisotopic (exact) mass is 445 g/mol. The fourth-order valence-electron chi connectivity index (χ4n) is 6.03. The van der Waals surface area contributed by atoms with Gasteiger partial charge < -0.3 is 4.90 Å². The summed E-state index contributed by atoms with van der Waals surface area (Å²) < 4.78 is 1.60. The first-order chi connectivity index (χ1) is 16.2. The first kappa shape index (κ1) is 20.7. The Balaban J connectivity index is 1.27. The molecule has 0 bridgehead atoms. The van der Waals surface area contributed by atoms with Gasteiger partial charge in [-0.25, -0.2) is 9.50 Å². The van der Waals surface area contributed by atoms with E-state index < -0.39 is 0 Å². The number of hydrogen-bond acceptors (Lipinski definition) is 4. The Bertz CT molecular complexity index is 1220. The highest BCUT2D eigenvalue weighted by molar-refractivity contribution is 5.79. The molecule has 2 aliphatic heterocycles. The summed E-state index contributed by atoms with van der Waals surface area (Å²) in [5, 5.41) is 3.32. The summed E-state index contributed by atoms with van der Waals surface area (Å²) >= 11 is 0. The summed E-state index contributed by atoms with van der Waals surface area (Å²) in [7, 11) is 0. The first-order valence-electron chi connectivity index (χ1n) is 12.4.